The van der Waals surface area contributed by atoms with E-state index in [0.717, 1.165) is 12.8 Å². The van der Waals surface area contributed by atoms with Gasteiger partial charge in [0.05, 0.1) is 11.4 Å². The molecule has 2 aliphatic carbocycles. The lowest BCUT2D eigenvalue weighted by Gasteiger charge is -2.49. The molecule has 67 heavy (non-hydrogen) atoms. The van der Waals surface area contributed by atoms with Crippen molar-refractivity contribution in [2.45, 2.75) is 188 Å². The fourth-order valence-corrected chi connectivity index (χ4v) is 14.1. The lowest BCUT2D eigenvalue weighted by atomic mass is 9.35. The summed E-state index contributed by atoms with van der Waals surface area (Å²) in [7, 11) is 0. The first kappa shape index (κ1) is 46.2. The Morgan fingerprint density at radius 1 is 0.493 bits per heavy atom. The van der Waals surface area contributed by atoms with Gasteiger partial charge in [0.2, 0.25) is 0 Å². The van der Waals surface area contributed by atoms with E-state index in [-0.39, 0.29) is 44.6 Å². The highest BCUT2D eigenvalue weighted by molar-refractivity contribution is 7.29. The summed E-state index contributed by atoms with van der Waals surface area (Å²) in [6, 6.07) is 36.8. The largest absolute Gasteiger partial charge is 0.311 e. The summed E-state index contributed by atoms with van der Waals surface area (Å²) in [5.74, 6) is 0. The fraction of sp³-hybridized carbons (Fsp3) is 0.460. The second-order valence-electron chi connectivity index (χ2n) is 26.9. The first-order valence-corrected chi connectivity index (χ1v) is 26.3. The number of hydrogen-bond acceptors (Lipinski definition) is 3. The Balaban J connectivity index is 1.36. The summed E-state index contributed by atoms with van der Waals surface area (Å²) in [6.45, 7) is 43.6. The quantitative estimate of drug-likeness (QED) is 0.163. The number of nitrogens with zero attached hydrogens (tertiary/aromatic N) is 2. The van der Waals surface area contributed by atoms with E-state index >= 15 is 0 Å². The molecule has 3 heterocycles. The number of benzene rings is 5. The van der Waals surface area contributed by atoms with Crippen LogP contribution in [-0.4, -0.2) is 6.71 Å². The van der Waals surface area contributed by atoms with Gasteiger partial charge in [0.15, 0.2) is 0 Å². The smallest absolute Gasteiger partial charge is 0.264 e. The van der Waals surface area contributed by atoms with Crippen molar-refractivity contribution in [2.75, 3.05) is 9.80 Å². The van der Waals surface area contributed by atoms with Crippen LogP contribution in [0.4, 0.5) is 34.1 Å². The first-order chi connectivity index (χ1) is 31.0. The molecule has 0 radical (unpaired) electrons. The van der Waals surface area contributed by atoms with Crippen LogP contribution in [0.1, 0.15) is 187 Å². The zero-order valence-electron chi connectivity index (χ0n) is 44.4. The number of fused-ring (bicyclic) bond motifs is 8. The Labute approximate surface area is 409 Å². The molecule has 1 aromatic heterocycles. The zero-order valence-corrected chi connectivity index (χ0v) is 45.2. The van der Waals surface area contributed by atoms with Gasteiger partial charge in [0.1, 0.15) is 0 Å². The molecule has 0 fully saturated rings. The molecule has 0 amide bonds. The summed E-state index contributed by atoms with van der Waals surface area (Å²) in [4.78, 5) is 7.09. The van der Waals surface area contributed by atoms with Crippen molar-refractivity contribution in [1.82, 2.24) is 0 Å². The Bertz CT molecular complexity index is 2970. The third-order valence-corrected chi connectivity index (χ3v) is 18.4. The average Bonchev–Trinajstić information content (AvgIpc) is 3.66. The Morgan fingerprint density at radius 3 is 1.58 bits per heavy atom. The predicted octanol–water partition coefficient (Wildman–Crippen LogP) is 16.4. The third kappa shape index (κ3) is 7.22. The highest BCUT2D eigenvalue weighted by Crippen LogP contribution is 2.59. The van der Waals surface area contributed by atoms with E-state index in [1.807, 2.05) is 0 Å². The lowest BCUT2D eigenvalue weighted by molar-refractivity contribution is 0.333. The van der Waals surface area contributed by atoms with E-state index in [0.29, 0.717) is 0 Å². The molecule has 4 aliphatic rings. The second-order valence-corrected chi connectivity index (χ2v) is 28.0. The van der Waals surface area contributed by atoms with Crippen LogP contribution in [0.2, 0.25) is 0 Å². The van der Waals surface area contributed by atoms with Crippen molar-refractivity contribution < 1.29 is 0 Å². The van der Waals surface area contributed by atoms with E-state index < -0.39 is 0 Å². The second kappa shape index (κ2) is 14.7. The van der Waals surface area contributed by atoms with Gasteiger partial charge in [-0.1, -0.05) is 172 Å². The third-order valence-electron chi connectivity index (χ3n) is 16.8. The fourth-order valence-electron chi connectivity index (χ4n) is 12.3. The normalized spacial score (nSPS) is 18.7. The summed E-state index contributed by atoms with van der Waals surface area (Å²) in [5.41, 5.74) is 23.7. The van der Waals surface area contributed by atoms with E-state index in [2.05, 4.69) is 237 Å². The summed E-state index contributed by atoms with van der Waals surface area (Å²) in [5, 5.41) is 0. The van der Waals surface area contributed by atoms with Gasteiger partial charge < -0.3 is 9.80 Å². The van der Waals surface area contributed by atoms with E-state index in [1.54, 1.807) is 16.0 Å². The number of aryl methyl sites for hydroxylation is 1. The molecule has 6 aromatic rings. The summed E-state index contributed by atoms with van der Waals surface area (Å²) >= 11 is 2.14. The van der Waals surface area contributed by atoms with Gasteiger partial charge >= 0.3 is 0 Å². The monoisotopic (exact) mass is 905 g/mol. The number of thiophene rings is 1. The molecule has 0 saturated heterocycles. The maximum atomic E-state index is 2.78. The zero-order chi connectivity index (χ0) is 48.3. The summed E-state index contributed by atoms with van der Waals surface area (Å²) in [6.07, 6.45) is 4.70. The Hall–Kier alpha value is -4.54. The van der Waals surface area contributed by atoms with Gasteiger partial charge in [-0.3, -0.25) is 0 Å². The van der Waals surface area contributed by atoms with Crippen molar-refractivity contribution in [3.8, 4) is 11.1 Å². The van der Waals surface area contributed by atoms with Crippen molar-refractivity contribution in [2.24, 2.45) is 0 Å². The van der Waals surface area contributed by atoms with Crippen LogP contribution in [-0.2, 0) is 37.9 Å². The molecule has 5 aromatic carbocycles. The van der Waals surface area contributed by atoms with Crippen molar-refractivity contribution in [3.63, 3.8) is 0 Å². The number of anilines is 6. The molecule has 2 nitrogen and oxygen atoms in total. The molecule has 0 saturated carbocycles. The average molecular weight is 905 g/mol. The maximum Gasteiger partial charge on any atom is 0.264 e. The van der Waals surface area contributed by atoms with Crippen LogP contribution >= 0.6 is 11.3 Å². The van der Waals surface area contributed by atoms with Crippen LogP contribution < -0.4 is 25.5 Å². The van der Waals surface area contributed by atoms with Gasteiger partial charge in [-0.25, -0.2) is 0 Å². The standard InChI is InChI=1S/C63H77BN2S/c1-38-35-48-52-49(36-38)66(47-30-25-42(59(8,9)10)37-44(47)39-19-21-40(22-20-39)57(2,3)4)54-51-55(63(17,18)34-33-62(51,15)16)67-56(54)64(52)46-29-28-45-50(61(13,14)32-31-60(45,11)12)53(46)65(48)43-26-23-41(24-27-43)58(5,6)7/h19-30,35-37H,31-34H2,1-18H3. The number of rotatable bonds is 3. The van der Waals surface area contributed by atoms with E-state index in [1.165, 1.54) is 102 Å². The molecule has 2 aliphatic heterocycles. The number of hydrogen-bond donors (Lipinski definition) is 0. The molecule has 0 unspecified atom stereocenters. The van der Waals surface area contributed by atoms with E-state index in [9.17, 15) is 0 Å². The van der Waals surface area contributed by atoms with Gasteiger partial charge in [-0.05, 0) is 162 Å². The van der Waals surface area contributed by atoms with Gasteiger partial charge in [-0.15, -0.1) is 0 Å². The van der Waals surface area contributed by atoms with Crippen LogP contribution in [0.25, 0.3) is 11.1 Å². The maximum absolute atomic E-state index is 2.78. The lowest BCUT2D eigenvalue weighted by Crippen LogP contribution is -2.61. The molecule has 10 rings (SSSR count). The minimum atomic E-state index is -0.0128. The first-order valence-electron chi connectivity index (χ1n) is 25.5. The Kier molecular flexibility index (Phi) is 10.2. The molecule has 0 bridgehead atoms. The van der Waals surface area contributed by atoms with Crippen LogP contribution in [0.3, 0.4) is 0 Å². The van der Waals surface area contributed by atoms with Gasteiger partial charge in [-0.2, -0.15) is 11.3 Å². The molecular formula is C63H77BN2S. The minimum Gasteiger partial charge on any atom is -0.311 e. The SMILES string of the molecule is Cc1cc2c3c(c1)N(c1ccc(C(C)(C)C)cc1-c1ccc(C(C)(C)C)cc1)c1c(sc4c1C(C)(C)CCC4(C)C)B3c1ccc3c(c1N2c1ccc(C(C)(C)C)cc1)C(C)(C)CCC3(C)C. The van der Waals surface area contributed by atoms with Gasteiger partial charge in [0, 0.05) is 38.0 Å². The molecule has 348 valence electrons. The highest BCUT2D eigenvalue weighted by atomic mass is 32.1. The summed E-state index contributed by atoms with van der Waals surface area (Å²) < 4.78 is 1.51. The molecule has 0 N–H and O–H groups in total. The molecule has 4 heteroatoms. The molecule has 0 spiro atoms. The molecular weight excluding hydrogens is 828 g/mol. The Morgan fingerprint density at radius 2 is 1.00 bits per heavy atom. The topological polar surface area (TPSA) is 6.48 Å². The van der Waals surface area contributed by atoms with Crippen LogP contribution in [0.15, 0.2) is 91.0 Å². The predicted molar refractivity (Wildman–Crippen MR) is 295 cm³/mol. The molecule has 0 atom stereocenters. The highest BCUT2D eigenvalue weighted by Gasteiger charge is 2.53. The van der Waals surface area contributed by atoms with Crippen molar-refractivity contribution in [3.05, 3.63) is 135 Å². The van der Waals surface area contributed by atoms with Gasteiger partial charge in [0.25, 0.3) is 6.71 Å². The van der Waals surface area contributed by atoms with Crippen molar-refractivity contribution in [1.29, 1.82) is 0 Å². The van der Waals surface area contributed by atoms with Crippen molar-refractivity contribution >= 4 is 67.9 Å². The van der Waals surface area contributed by atoms with E-state index in [4.69, 9.17) is 0 Å². The minimum absolute atomic E-state index is 0.00159. The van der Waals surface area contributed by atoms with Crippen LogP contribution in [0, 0.1) is 6.92 Å². The van der Waals surface area contributed by atoms with Crippen LogP contribution in [0.5, 0.6) is 0 Å².